The van der Waals surface area contributed by atoms with E-state index in [-0.39, 0.29) is 0 Å². The number of ether oxygens (including phenoxy) is 1. The zero-order valence-electron chi connectivity index (χ0n) is 13.2. The highest BCUT2D eigenvalue weighted by atomic mass is 32.1. The first-order valence-electron chi connectivity index (χ1n) is 7.32. The van der Waals surface area contributed by atoms with E-state index in [2.05, 4.69) is 53.3 Å². The Morgan fingerprint density at radius 2 is 1.86 bits per heavy atom. The summed E-state index contributed by atoms with van der Waals surface area (Å²) >= 11 is 1.76. The number of fused-ring (bicyclic) bond motifs is 1. The van der Waals surface area contributed by atoms with Gasteiger partial charge in [-0.3, -0.25) is 4.90 Å². The van der Waals surface area contributed by atoms with Crippen molar-refractivity contribution in [3.05, 3.63) is 58.0 Å². The smallest absolute Gasteiger partial charge is 0.126 e. The molecule has 0 saturated carbocycles. The SMILES string of the molecule is COc1ccc(CN(C)Cc2cnc(C)s2)c2ccccc12. The minimum atomic E-state index is 0.904. The largest absolute Gasteiger partial charge is 0.496 e. The molecule has 0 aliphatic carbocycles. The van der Waals surface area contributed by atoms with Crippen molar-refractivity contribution in [2.24, 2.45) is 0 Å². The van der Waals surface area contributed by atoms with E-state index >= 15 is 0 Å². The standard InChI is InChI=1S/C18H20N2OS/c1-13-19-10-15(22-13)12-20(2)11-14-8-9-18(21-3)17-7-5-4-6-16(14)17/h4-10H,11-12H2,1-3H3. The normalized spacial score (nSPS) is 11.3. The lowest BCUT2D eigenvalue weighted by Crippen LogP contribution is -2.16. The Balaban J connectivity index is 1.84. The monoisotopic (exact) mass is 312 g/mol. The number of hydrogen-bond acceptors (Lipinski definition) is 4. The highest BCUT2D eigenvalue weighted by molar-refractivity contribution is 7.11. The number of aromatic nitrogens is 1. The quantitative estimate of drug-likeness (QED) is 0.704. The molecule has 1 aromatic heterocycles. The van der Waals surface area contributed by atoms with Crippen molar-refractivity contribution in [1.29, 1.82) is 0 Å². The first kappa shape index (κ1) is 15.0. The molecule has 0 aliphatic heterocycles. The molecule has 3 aromatic rings. The molecule has 114 valence electrons. The molecule has 2 aromatic carbocycles. The van der Waals surface area contributed by atoms with E-state index in [4.69, 9.17) is 4.74 Å². The maximum Gasteiger partial charge on any atom is 0.126 e. The number of thiazole rings is 1. The second kappa shape index (κ2) is 6.46. The molecule has 0 radical (unpaired) electrons. The summed E-state index contributed by atoms with van der Waals surface area (Å²) in [6.45, 7) is 3.87. The Hall–Kier alpha value is -1.91. The van der Waals surface area contributed by atoms with Gasteiger partial charge in [-0.05, 0) is 31.0 Å². The molecule has 0 atom stereocenters. The van der Waals surface area contributed by atoms with Crippen LogP contribution < -0.4 is 4.74 Å². The van der Waals surface area contributed by atoms with Gasteiger partial charge in [0.2, 0.25) is 0 Å². The van der Waals surface area contributed by atoms with E-state index in [1.165, 1.54) is 21.2 Å². The molecule has 0 N–H and O–H groups in total. The summed E-state index contributed by atoms with van der Waals surface area (Å²) in [6.07, 6.45) is 1.97. The lowest BCUT2D eigenvalue weighted by molar-refractivity contribution is 0.323. The Bertz CT molecular complexity index is 782. The first-order valence-corrected chi connectivity index (χ1v) is 8.13. The predicted octanol–water partition coefficient (Wildman–Crippen LogP) is 4.25. The number of benzene rings is 2. The van der Waals surface area contributed by atoms with Crippen LogP contribution in [0.1, 0.15) is 15.4 Å². The first-order chi connectivity index (χ1) is 10.7. The van der Waals surface area contributed by atoms with Gasteiger partial charge in [-0.2, -0.15) is 0 Å². The molecule has 0 fully saturated rings. The molecule has 0 aliphatic rings. The van der Waals surface area contributed by atoms with Gasteiger partial charge in [0.15, 0.2) is 0 Å². The van der Waals surface area contributed by atoms with E-state index in [0.717, 1.165) is 23.8 Å². The van der Waals surface area contributed by atoms with Gasteiger partial charge in [-0.15, -0.1) is 11.3 Å². The van der Waals surface area contributed by atoms with E-state index in [9.17, 15) is 0 Å². The van der Waals surface area contributed by atoms with Crippen molar-refractivity contribution >= 4 is 22.1 Å². The van der Waals surface area contributed by atoms with Crippen molar-refractivity contribution in [2.75, 3.05) is 14.2 Å². The van der Waals surface area contributed by atoms with Gasteiger partial charge in [-0.1, -0.05) is 30.3 Å². The van der Waals surface area contributed by atoms with Crippen LogP contribution in [0.5, 0.6) is 5.75 Å². The molecular formula is C18H20N2OS. The van der Waals surface area contributed by atoms with Crippen LogP contribution in [-0.2, 0) is 13.1 Å². The third-order valence-electron chi connectivity index (χ3n) is 3.73. The second-order valence-corrected chi connectivity index (χ2v) is 6.81. The third kappa shape index (κ3) is 3.13. The van der Waals surface area contributed by atoms with Crippen LogP contribution in [0.25, 0.3) is 10.8 Å². The third-order valence-corrected chi connectivity index (χ3v) is 4.63. The minimum absolute atomic E-state index is 0.904. The molecule has 22 heavy (non-hydrogen) atoms. The Morgan fingerprint density at radius 1 is 1.09 bits per heavy atom. The van der Waals surface area contributed by atoms with Gasteiger partial charge >= 0.3 is 0 Å². The van der Waals surface area contributed by atoms with Crippen LogP contribution in [0.4, 0.5) is 0 Å². The molecule has 4 heteroatoms. The molecule has 0 unspecified atom stereocenters. The van der Waals surface area contributed by atoms with Gasteiger partial charge in [0.25, 0.3) is 0 Å². The van der Waals surface area contributed by atoms with Crippen molar-refractivity contribution in [1.82, 2.24) is 9.88 Å². The summed E-state index contributed by atoms with van der Waals surface area (Å²) in [7, 11) is 3.87. The van der Waals surface area contributed by atoms with Crippen LogP contribution in [0.15, 0.2) is 42.6 Å². The summed E-state index contributed by atoms with van der Waals surface area (Å²) in [6, 6.07) is 12.6. The average molecular weight is 312 g/mol. The van der Waals surface area contributed by atoms with Crippen molar-refractivity contribution in [2.45, 2.75) is 20.0 Å². The predicted molar refractivity (Wildman–Crippen MR) is 92.5 cm³/mol. The highest BCUT2D eigenvalue weighted by Crippen LogP contribution is 2.29. The zero-order chi connectivity index (χ0) is 15.5. The summed E-state index contributed by atoms with van der Waals surface area (Å²) in [4.78, 5) is 7.95. The van der Waals surface area contributed by atoms with Gasteiger partial charge in [-0.25, -0.2) is 4.98 Å². The number of hydrogen-bond donors (Lipinski definition) is 0. The van der Waals surface area contributed by atoms with E-state index < -0.39 is 0 Å². The fourth-order valence-corrected chi connectivity index (χ4v) is 3.62. The van der Waals surface area contributed by atoms with E-state index in [1.807, 2.05) is 13.1 Å². The van der Waals surface area contributed by atoms with Crippen LogP contribution in [0.2, 0.25) is 0 Å². The molecule has 3 rings (SSSR count). The van der Waals surface area contributed by atoms with Crippen molar-refractivity contribution in [3.63, 3.8) is 0 Å². The summed E-state index contributed by atoms with van der Waals surface area (Å²) in [5.74, 6) is 0.931. The van der Waals surface area contributed by atoms with Crippen molar-refractivity contribution in [3.8, 4) is 5.75 Å². The Labute approximate surface area is 135 Å². The van der Waals surface area contributed by atoms with Gasteiger partial charge in [0.05, 0.1) is 12.1 Å². The summed E-state index contributed by atoms with van der Waals surface area (Å²) in [5.41, 5.74) is 1.32. The van der Waals surface area contributed by atoms with Crippen LogP contribution in [0, 0.1) is 6.92 Å². The number of rotatable bonds is 5. The number of aryl methyl sites for hydroxylation is 1. The Kier molecular flexibility index (Phi) is 4.41. The van der Waals surface area contributed by atoms with Crippen LogP contribution in [0.3, 0.4) is 0 Å². The molecule has 3 nitrogen and oxygen atoms in total. The maximum atomic E-state index is 5.47. The lowest BCUT2D eigenvalue weighted by Gasteiger charge is -2.18. The summed E-state index contributed by atoms with van der Waals surface area (Å²) < 4.78 is 5.47. The fourth-order valence-electron chi connectivity index (χ4n) is 2.74. The highest BCUT2D eigenvalue weighted by Gasteiger charge is 2.09. The maximum absolute atomic E-state index is 5.47. The van der Waals surface area contributed by atoms with Gasteiger partial charge in [0, 0.05) is 29.5 Å². The minimum Gasteiger partial charge on any atom is -0.496 e. The van der Waals surface area contributed by atoms with E-state index in [1.54, 1.807) is 18.4 Å². The molecule has 0 spiro atoms. The molecule has 1 heterocycles. The average Bonchev–Trinajstić information content (AvgIpc) is 2.92. The number of nitrogens with zero attached hydrogens (tertiary/aromatic N) is 2. The topological polar surface area (TPSA) is 25.4 Å². The van der Waals surface area contributed by atoms with Crippen molar-refractivity contribution < 1.29 is 4.74 Å². The Morgan fingerprint density at radius 3 is 2.55 bits per heavy atom. The zero-order valence-corrected chi connectivity index (χ0v) is 14.0. The molecular weight excluding hydrogens is 292 g/mol. The number of methoxy groups -OCH3 is 1. The van der Waals surface area contributed by atoms with E-state index in [0.29, 0.717) is 0 Å². The van der Waals surface area contributed by atoms with Crippen LogP contribution >= 0.6 is 11.3 Å². The molecule has 0 amide bonds. The van der Waals surface area contributed by atoms with Gasteiger partial charge in [0.1, 0.15) is 5.75 Å². The fraction of sp³-hybridized carbons (Fsp3) is 0.278. The molecule has 0 saturated heterocycles. The van der Waals surface area contributed by atoms with Crippen LogP contribution in [-0.4, -0.2) is 24.0 Å². The second-order valence-electron chi connectivity index (χ2n) is 5.49. The van der Waals surface area contributed by atoms with Gasteiger partial charge < -0.3 is 4.74 Å². The lowest BCUT2D eigenvalue weighted by atomic mass is 10.0. The summed E-state index contributed by atoms with van der Waals surface area (Å²) in [5, 5.41) is 3.55. The molecule has 0 bridgehead atoms.